The smallest absolute Gasteiger partial charge is 0.338 e. The van der Waals surface area contributed by atoms with Crippen LogP contribution in [0.5, 0.6) is 0 Å². The third-order valence-corrected chi connectivity index (χ3v) is 4.20. The van der Waals surface area contributed by atoms with E-state index in [1.54, 1.807) is 11.0 Å². The summed E-state index contributed by atoms with van der Waals surface area (Å²) in [5.41, 5.74) is 0.748. The minimum absolute atomic E-state index is 0.0196. The van der Waals surface area contributed by atoms with Crippen LogP contribution in [-0.2, 0) is 14.3 Å². The number of carbonyl (C=O) groups excluding carboxylic acids is 3. The molecule has 1 aliphatic heterocycles. The van der Waals surface area contributed by atoms with Gasteiger partial charge in [-0.3, -0.25) is 9.59 Å². The zero-order chi connectivity index (χ0) is 18.6. The number of amides is 2. The van der Waals surface area contributed by atoms with Crippen LogP contribution in [0.3, 0.4) is 0 Å². The van der Waals surface area contributed by atoms with E-state index in [-0.39, 0.29) is 17.4 Å². The number of anilines is 1. The van der Waals surface area contributed by atoms with E-state index in [1.807, 2.05) is 13.8 Å². The fraction of sp³-hybridized carbons (Fsp3) is 0.500. The Kier molecular flexibility index (Phi) is 6.42. The number of esters is 1. The van der Waals surface area contributed by atoms with Crippen molar-refractivity contribution in [3.8, 4) is 0 Å². The van der Waals surface area contributed by atoms with E-state index in [0.29, 0.717) is 36.1 Å². The van der Waals surface area contributed by atoms with Crippen molar-refractivity contribution in [2.75, 3.05) is 18.0 Å². The van der Waals surface area contributed by atoms with Crippen LogP contribution in [0.1, 0.15) is 44.0 Å². The molecule has 0 saturated carbocycles. The van der Waals surface area contributed by atoms with Crippen LogP contribution in [0.15, 0.2) is 18.2 Å². The first-order valence-electron chi connectivity index (χ1n) is 8.38. The Morgan fingerprint density at radius 3 is 2.64 bits per heavy atom. The average molecular weight is 367 g/mol. The molecule has 6 nitrogen and oxygen atoms in total. The molecule has 0 radical (unpaired) electrons. The summed E-state index contributed by atoms with van der Waals surface area (Å²) < 4.78 is 5.22. The SMILES string of the molecule is CC(C)CNC(=O)[C@H](C)OC(=O)c1ccc(Cl)c(N2CCCC2=O)c1. The number of halogens is 1. The lowest BCUT2D eigenvalue weighted by Gasteiger charge is -2.19. The molecule has 0 unspecified atom stereocenters. The molecule has 1 aromatic carbocycles. The summed E-state index contributed by atoms with van der Waals surface area (Å²) in [7, 11) is 0. The fourth-order valence-corrected chi connectivity index (χ4v) is 2.70. The lowest BCUT2D eigenvalue weighted by molar-refractivity contribution is -0.129. The van der Waals surface area contributed by atoms with Crippen molar-refractivity contribution in [3.63, 3.8) is 0 Å². The zero-order valence-corrected chi connectivity index (χ0v) is 15.4. The third kappa shape index (κ3) is 4.95. The summed E-state index contributed by atoms with van der Waals surface area (Å²) in [6.07, 6.45) is 0.327. The molecule has 1 aromatic rings. The normalized spacial score (nSPS) is 15.4. The quantitative estimate of drug-likeness (QED) is 0.785. The highest BCUT2D eigenvalue weighted by Gasteiger charge is 2.25. The molecular weight excluding hydrogens is 344 g/mol. The van der Waals surface area contributed by atoms with Crippen molar-refractivity contribution in [1.29, 1.82) is 0 Å². The molecule has 0 spiro atoms. The molecule has 7 heteroatoms. The van der Waals surface area contributed by atoms with Crippen LogP contribution in [-0.4, -0.2) is 37.0 Å². The molecule has 1 aliphatic rings. The van der Waals surface area contributed by atoms with Crippen molar-refractivity contribution >= 4 is 35.1 Å². The molecule has 0 aliphatic carbocycles. The van der Waals surface area contributed by atoms with Gasteiger partial charge in [-0.25, -0.2) is 4.79 Å². The monoisotopic (exact) mass is 366 g/mol. The summed E-state index contributed by atoms with van der Waals surface area (Å²) >= 11 is 6.16. The van der Waals surface area contributed by atoms with Gasteiger partial charge in [0.1, 0.15) is 0 Å². The van der Waals surface area contributed by atoms with Crippen molar-refractivity contribution in [1.82, 2.24) is 5.32 Å². The molecule has 1 N–H and O–H groups in total. The Morgan fingerprint density at radius 2 is 2.04 bits per heavy atom. The third-order valence-electron chi connectivity index (χ3n) is 3.88. The zero-order valence-electron chi connectivity index (χ0n) is 14.7. The van der Waals surface area contributed by atoms with E-state index >= 15 is 0 Å². The average Bonchev–Trinajstić information content (AvgIpc) is 2.98. The van der Waals surface area contributed by atoms with E-state index in [9.17, 15) is 14.4 Å². The van der Waals surface area contributed by atoms with Gasteiger partial charge in [0.15, 0.2) is 6.10 Å². The van der Waals surface area contributed by atoms with Crippen LogP contribution in [0.4, 0.5) is 5.69 Å². The summed E-state index contributed by atoms with van der Waals surface area (Å²) in [5, 5.41) is 3.12. The molecule has 136 valence electrons. The second-order valence-corrected chi connectivity index (χ2v) is 6.91. The van der Waals surface area contributed by atoms with Crippen molar-refractivity contribution in [2.24, 2.45) is 5.92 Å². The van der Waals surface area contributed by atoms with Gasteiger partial charge in [-0.1, -0.05) is 25.4 Å². The standard InChI is InChI=1S/C18H23ClN2O4/c1-11(2)10-20-17(23)12(3)25-18(24)13-6-7-14(19)15(9-13)21-8-4-5-16(21)22/h6-7,9,11-12H,4-5,8,10H2,1-3H3,(H,20,23)/t12-/m0/s1. The van der Waals surface area contributed by atoms with E-state index in [0.717, 1.165) is 6.42 Å². The van der Waals surface area contributed by atoms with Gasteiger partial charge >= 0.3 is 5.97 Å². The van der Waals surface area contributed by atoms with Gasteiger partial charge in [-0.2, -0.15) is 0 Å². The Labute approximate surface area is 152 Å². The molecule has 1 heterocycles. The van der Waals surface area contributed by atoms with Crippen molar-refractivity contribution in [2.45, 2.75) is 39.7 Å². The van der Waals surface area contributed by atoms with Crippen LogP contribution < -0.4 is 10.2 Å². The van der Waals surface area contributed by atoms with E-state index in [4.69, 9.17) is 16.3 Å². The van der Waals surface area contributed by atoms with Gasteiger partial charge in [-0.05, 0) is 37.5 Å². The Morgan fingerprint density at radius 1 is 1.32 bits per heavy atom. The molecule has 1 saturated heterocycles. The Bertz CT molecular complexity index is 675. The molecule has 0 bridgehead atoms. The second-order valence-electron chi connectivity index (χ2n) is 6.50. The molecule has 25 heavy (non-hydrogen) atoms. The van der Waals surface area contributed by atoms with Crippen molar-refractivity contribution in [3.05, 3.63) is 28.8 Å². The minimum Gasteiger partial charge on any atom is -0.449 e. The van der Waals surface area contributed by atoms with E-state index in [2.05, 4.69) is 5.32 Å². The maximum atomic E-state index is 12.3. The number of rotatable bonds is 6. The van der Waals surface area contributed by atoms with Gasteiger partial charge in [0.25, 0.3) is 5.91 Å². The maximum Gasteiger partial charge on any atom is 0.338 e. The number of nitrogens with one attached hydrogen (secondary N) is 1. The summed E-state index contributed by atoms with van der Waals surface area (Å²) in [6, 6.07) is 4.61. The summed E-state index contributed by atoms with van der Waals surface area (Å²) in [4.78, 5) is 37.7. The first-order chi connectivity index (χ1) is 11.8. The summed E-state index contributed by atoms with van der Waals surface area (Å²) in [6.45, 7) is 6.57. The number of carbonyl (C=O) groups is 3. The number of hydrogen-bond acceptors (Lipinski definition) is 4. The highest BCUT2D eigenvalue weighted by atomic mass is 35.5. The van der Waals surface area contributed by atoms with Gasteiger partial charge in [0.05, 0.1) is 16.3 Å². The Balaban J connectivity index is 2.06. The molecule has 2 amide bonds. The second kappa shape index (κ2) is 8.34. The predicted octanol–water partition coefficient (Wildman–Crippen LogP) is 2.78. The van der Waals surface area contributed by atoms with Crippen LogP contribution in [0, 0.1) is 5.92 Å². The lowest BCUT2D eigenvalue weighted by Crippen LogP contribution is -2.37. The van der Waals surface area contributed by atoms with Crippen LogP contribution in [0.2, 0.25) is 5.02 Å². The number of ether oxygens (including phenoxy) is 1. The number of nitrogens with zero attached hydrogens (tertiary/aromatic N) is 1. The first kappa shape index (κ1) is 19.2. The lowest BCUT2D eigenvalue weighted by atomic mass is 10.2. The minimum atomic E-state index is -0.904. The van der Waals surface area contributed by atoms with Gasteiger partial charge in [0.2, 0.25) is 5.91 Å². The topological polar surface area (TPSA) is 75.7 Å². The van der Waals surface area contributed by atoms with Gasteiger partial charge in [0, 0.05) is 19.5 Å². The molecular formula is C18H23ClN2O4. The van der Waals surface area contributed by atoms with Gasteiger partial charge in [-0.15, -0.1) is 0 Å². The Hall–Kier alpha value is -2.08. The molecule has 2 rings (SSSR count). The fourth-order valence-electron chi connectivity index (χ4n) is 2.48. The first-order valence-corrected chi connectivity index (χ1v) is 8.76. The highest BCUT2D eigenvalue weighted by Crippen LogP contribution is 2.30. The predicted molar refractivity (Wildman–Crippen MR) is 95.8 cm³/mol. The van der Waals surface area contributed by atoms with E-state index in [1.165, 1.54) is 19.1 Å². The maximum absolute atomic E-state index is 12.3. The molecule has 1 atom stereocenters. The van der Waals surface area contributed by atoms with Gasteiger partial charge < -0.3 is 15.0 Å². The van der Waals surface area contributed by atoms with Crippen LogP contribution >= 0.6 is 11.6 Å². The number of benzene rings is 1. The number of hydrogen-bond donors (Lipinski definition) is 1. The van der Waals surface area contributed by atoms with Crippen molar-refractivity contribution < 1.29 is 19.1 Å². The highest BCUT2D eigenvalue weighted by molar-refractivity contribution is 6.34. The van der Waals surface area contributed by atoms with Crippen LogP contribution in [0.25, 0.3) is 0 Å². The molecule has 0 aromatic heterocycles. The van der Waals surface area contributed by atoms with E-state index < -0.39 is 12.1 Å². The largest absolute Gasteiger partial charge is 0.449 e. The summed E-state index contributed by atoms with van der Waals surface area (Å²) in [5.74, 6) is -0.680. The molecule has 1 fully saturated rings.